The fourth-order valence-electron chi connectivity index (χ4n) is 1.82. The summed E-state index contributed by atoms with van der Waals surface area (Å²) in [6.07, 6.45) is 1.67. The molecule has 0 saturated heterocycles. The highest BCUT2D eigenvalue weighted by Crippen LogP contribution is 2.19. The van der Waals surface area contributed by atoms with E-state index < -0.39 is 0 Å². The molecule has 2 N–H and O–H groups in total. The molecule has 0 fully saturated rings. The van der Waals surface area contributed by atoms with Crippen molar-refractivity contribution >= 4 is 41.3 Å². The highest BCUT2D eigenvalue weighted by molar-refractivity contribution is 14.0. The zero-order valence-electron chi connectivity index (χ0n) is 12.3. The number of furan rings is 1. The summed E-state index contributed by atoms with van der Waals surface area (Å²) in [5.74, 6) is 2.17. The first-order chi connectivity index (χ1) is 9.79. The van der Waals surface area contributed by atoms with E-state index in [1.807, 2.05) is 12.1 Å². The average molecular weight is 419 g/mol. The molecular formula is C15H22IN3OS. The minimum Gasteiger partial charge on any atom is -0.467 e. The van der Waals surface area contributed by atoms with Gasteiger partial charge < -0.3 is 15.1 Å². The van der Waals surface area contributed by atoms with Gasteiger partial charge in [0.05, 0.1) is 6.26 Å². The molecule has 0 bridgehead atoms. The molecule has 0 radical (unpaired) electrons. The molecular weight excluding hydrogens is 397 g/mol. The Bertz CT molecular complexity index is 511. The molecule has 0 aliphatic carbocycles. The first kappa shape index (κ1) is 18.0. The van der Waals surface area contributed by atoms with Gasteiger partial charge in [-0.05, 0) is 30.5 Å². The summed E-state index contributed by atoms with van der Waals surface area (Å²) in [6, 6.07) is 8.07. The van der Waals surface area contributed by atoms with E-state index in [-0.39, 0.29) is 24.0 Å². The molecule has 2 heterocycles. The number of rotatable bonds is 6. The Morgan fingerprint density at radius 2 is 2.19 bits per heavy atom. The van der Waals surface area contributed by atoms with Crippen LogP contribution >= 0.6 is 35.3 Å². The fourth-order valence-corrected chi connectivity index (χ4v) is 2.61. The molecule has 0 aromatic carbocycles. The standard InChI is InChI=1S/C15H21N3OS.HI/c1-3-16-15(18-11-13-6-4-8-19-13)17-10-12(2)14-7-5-9-20-14;/h4-9,12H,3,10-11H2,1-2H3,(H2,16,17,18);1H. The molecule has 0 aliphatic rings. The van der Waals surface area contributed by atoms with Crippen LogP contribution in [0.3, 0.4) is 0 Å². The van der Waals surface area contributed by atoms with Crippen LogP contribution < -0.4 is 10.6 Å². The third-order valence-electron chi connectivity index (χ3n) is 2.92. The summed E-state index contributed by atoms with van der Waals surface area (Å²) >= 11 is 1.79. The number of hydrogen-bond donors (Lipinski definition) is 2. The van der Waals surface area contributed by atoms with Crippen LogP contribution in [0, 0.1) is 0 Å². The molecule has 1 unspecified atom stereocenters. The van der Waals surface area contributed by atoms with Crippen molar-refractivity contribution in [2.45, 2.75) is 26.3 Å². The van der Waals surface area contributed by atoms with E-state index in [0.29, 0.717) is 12.5 Å². The third-order valence-corrected chi connectivity index (χ3v) is 4.03. The molecule has 4 nitrogen and oxygen atoms in total. The quantitative estimate of drug-likeness (QED) is 0.425. The van der Waals surface area contributed by atoms with Gasteiger partial charge in [-0.25, -0.2) is 4.99 Å². The molecule has 2 aromatic rings. The van der Waals surface area contributed by atoms with Gasteiger partial charge in [0.2, 0.25) is 0 Å². The van der Waals surface area contributed by atoms with Crippen LogP contribution in [0.5, 0.6) is 0 Å². The normalized spacial score (nSPS) is 12.6. The second kappa shape index (κ2) is 9.83. The Hall–Kier alpha value is -1.02. The minimum atomic E-state index is 0. The van der Waals surface area contributed by atoms with E-state index in [4.69, 9.17) is 4.42 Å². The highest BCUT2D eigenvalue weighted by Gasteiger charge is 2.07. The predicted octanol–water partition coefficient (Wildman–Crippen LogP) is 3.82. The summed E-state index contributed by atoms with van der Waals surface area (Å²) < 4.78 is 5.29. The maximum Gasteiger partial charge on any atom is 0.191 e. The van der Waals surface area contributed by atoms with Gasteiger partial charge in [-0.2, -0.15) is 0 Å². The van der Waals surface area contributed by atoms with E-state index in [1.165, 1.54) is 4.88 Å². The molecule has 6 heteroatoms. The van der Waals surface area contributed by atoms with Crippen LogP contribution in [-0.4, -0.2) is 19.0 Å². The van der Waals surface area contributed by atoms with Crippen molar-refractivity contribution in [2.75, 3.05) is 13.1 Å². The number of nitrogens with zero attached hydrogens (tertiary/aromatic N) is 1. The van der Waals surface area contributed by atoms with Crippen LogP contribution in [0.25, 0.3) is 0 Å². The monoisotopic (exact) mass is 419 g/mol. The summed E-state index contributed by atoms with van der Waals surface area (Å²) in [4.78, 5) is 5.90. The van der Waals surface area contributed by atoms with Crippen LogP contribution in [0.4, 0.5) is 0 Å². The van der Waals surface area contributed by atoms with Crippen molar-refractivity contribution in [2.24, 2.45) is 4.99 Å². The van der Waals surface area contributed by atoms with Gasteiger partial charge in [0, 0.05) is 23.9 Å². The first-order valence-electron chi connectivity index (χ1n) is 6.87. The van der Waals surface area contributed by atoms with Crippen LogP contribution in [0.15, 0.2) is 45.3 Å². The zero-order chi connectivity index (χ0) is 14.2. The van der Waals surface area contributed by atoms with E-state index in [9.17, 15) is 0 Å². The van der Waals surface area contributed by atoms with Gasteiger partial charge in [0.1, 0.15) is 12.3 Å². The molecule has 21 heavy (non-hydrogen) atoms. The summed E-state index contributed by atoms with van der Waals surface area (Å²) in [7, 11) is 0. The Morgan fingerprint density at radius 1 is 1.33 bits per heavy atom. The van der Waals surface area contributed by atoms with Crippen LogP contribution in [0.1, 0.15) is 30.4 Å². The first-order valence-corrected chi connectivity index (χ1v) is 7.75. The average Bonchev–Trinajstić information content (AvgIpc) is 3.13. The molecule has 0 aliphatic heterocycles. The van der Waals surface area contributed by atoms with Gasteiger partial charge >= 0.3 is 0 Å². The number of thiophene rings is 1. The maximum atomic E-state index is 5.29. The lowest BCUT2D eigenvalue weighted by molar-refractivity contribution is 0.512. The van der Waals surface area contributed by atoms with E-state index in [2.05, 4.69) is 47.0 Å². The highest BCUT2D eigenvalue weighted by atomic mass is 127. The molecule has 116 valence electrons. The Kier molecular flexibility index (Phi) is 8.44. The molecule has 1 atom stereocenters. The van der Waals surface area contributed by atoms with Gasteiger partial charge in [-0.3, -0.25) is 0 Å². The molecule has 2 rings (SSSR count). The number of hydrogen-bond acceptors (Lipinski definition) is 3. The maximum absolute atomic E-state index is 5.29. The van der Waals surface area contributed by atoms with E-state index >= 15 is 0 Å². The predicted molar refractivity (Wildman–Crippen MR) is 99.7 cm³/mol. The lowest BCUT2D eigenvalue weighted by Crippen LogP contribution is -2.39. The van der Waals surface area contributed by atoms with E-state index in [1.54, 1.807) is 17.6 Å². The minimum absolute atomic E-state index is 0. The number of guanidine groups is 1. The van der Waals surface area contributed by atoms with Gasteiger partial charge in [-0.15, -0.1) is 35.3 Å². The van der Waals surface area contributed by atoms with Crippen molar-refractivity contribution in [1.82, 2.24) is 10.6 Å². The van der Waals surface area contributed by atoms with Crippen molar-refractivity contribution in [3.05, 3.63) is 46.5 Å². The Labute approximate surface area is 147 Å². The Balaban J connectivity index is 0.00000220. The third kappa shape index (κ3) is 6.09. The molecule has 2 aromatic heterocycles. The fraction of sp³-hybridized carbons (Fsp3) is 0.400. The zero-order valence-corrected chi connectivity index (χ0v) is 15.5. The van der Waals surface area contributed by atoms with Crippen molar-refractivity contribution in [1.29, 1.82) is 0 Å². The number of nitrogens with one attached hydrogen (secondary N) is 2. The van der Waals surface area contributed by atoms with Crippen LogP contribution in [0.2, 0.25) is 0 Å². The number of halogens is 1. The van der Waals surface area contributed by atoms with Gasteiger partial charge in [0.15, 0.2) is 5.96 Å². The molecule has 0 spiro atoms. The Morgan fingerprint density at radius 3 is 2.81 bits per heavy atom. The SMILES string of the molecule is CCNC(=NCc1ccco1)NCC(C)c1cccs1.I. The second-order valence-corrected chi connectivity index (χ2v) is 5.55. The van der Waals surface area contributed by atoms with Crippen LogP contribution in [-0.2, 0) is 6.54 Å². The topological polar surface area (TPSA) is 49.6 Å². The summed E-state index contributed by atoms with van der Waals surface area (Å²) in [5.41, 5.74) is 0. The van der Waals surface area contributed by atoms with Crippen molar-refractivity contribution in [3.63, 3.8) is 0 Å². The summed E-state index contributed by atoms with van der Waals surface area (Å²) in [6.45, 7) is 6.54. The summed E-state index contributed by atoms with van der Waals surface area (Å²) in [5, 5.41) is 8.73. The number of aliphatic imine (C=N–C) groups is 1. The van der Waals surface area contributed by atoms with Crippen molar-refractivity contribution < 1.29 is 4.42 Å². The van der Waals surface area contributed by atoms with Crippen molar-refractivity contribution in [3.8, 4) is 0 Å². The lowest BCUT2D eigenvalue weighted by Gasteiger charge is -2.14. The molecule has 0 saturated carbocycles. The second-order valence-electron chi connectivity index (χ2n) is 4.57. The lowest BCUT2D eigenvalue weighted by atomic mass is 10.1. The van der Waals surface area contributed by atoms with Gasteiger partial charge in [0.25, 0.3) is 0 Å². The largest absolute Gasteiger partial charge is 0.467 e. The smallest absolute Gasteiger partial charge is 0.191 e. The van der Waals surface area contributed by atoms with Gasteiger partial charge in [-0.1, -0.05) is 13.0 Å². The van der Waals surface area contributed by atoms with E-state index in [0.717, 1.165) is 24.8 Å². The molecule has 0 amide bonds.